The number of amides is 1. The lowest BCUT2D eigenvalue weighted by atomic mass is 9.95. The van der Waals surface area contributed by atoms with Crippen LogP contribution < -0.4 is 5.73 Å². The number of nitrogens with zero attached hydrogens (tertiary/aromatic N) is 1. The zero-order chi connectivity index (χ0) is 10.8. The Balaban J connectivity index is 2.22. The Morgan fingerprint density at radius 1 is 1.53 bits per heavy atom. The van der Waals surface area contributed by atoms with Crippen LogP contribution in [0.4, 0.5) is 4.79 Å². The van der Waals surface area contributed by atoms with E-state index in [1.807, 2.05) is 19.1 Å². The van der Waals surface area contributed by atoms with E-state index in [4.69, 9.17) is 10.6 Å². The normalized spacial score (nSPS) is 20.7. The predicted octanol–water partition coefficient (Wildman–Crippen LogP) is 1.62. The average Bonchev–Trinajstić information content (AvgIpc) is 2.22. The molecule has 0 spiro atoms. The third kappa shape index (κ3) is 1.94. The first-order chi connectivity index (χ1) is 7.18. The van der Waals surface area contributed by atoms with Gasteiger partial charge in [0, 0.05) is 6.54 Å². The van der Waals surface area contributed by atoms with Crippen molar-refractivity contribution >= 4 is 6.09 Å². The summed E-state index contributed by atoms with van der Waals surface area (Å²) < 4.78 is 0. The molecule has 1 aliphatic rings. The van der Waals surface area contributed by atoms with Gasteiger partial charge in [-0.05, 0) is 24.5 Å². The van der Waals surface area contributed by atoms with Gasteiger partial charge in [-0.25, -0.2) is 4.79 Å². The van der Waals surface area contributed by atoms with E-state index in [-0.39, 0.29) is 6.04 Å². The van der Waals surface area contributed by atoms with Gasteiger partial charge in [-0.3, -0.25) is 0 Å². The van der Waals surface area contributed by atoms with Gasteiger partial charge in [0.2, 0.25) is 0 Å². The van der Waals surface area contributed by atoms with E-state index in [1.54, 1.807) is 5.06 Å². The van der Waals surface area contributed by atoms with Gasteiger partial charge in [0.25, 0.3) is 0 Å². The van der Waals surface area contributed by atoms with Crippen molar-refractivity contribution in [1.29, 1.82) is 0 Å². The number of nitrogens with two attached hydrogens (primary N) is 1. The van der Waals surface area contributed by atoms with Crippen LogP contribution in [-0.4, -0.2) is 17.7 Å². The van der Waals surface area contributed by atoms with E-state index < -0.39 is 6.09 Å². The fraction of sp³-hybridized carbons (Fsp3) is 0.364. The van der Waals surface area contributed by atoms with Crippen LogP contribution >= 0.6 is 0 Å². The molecule has 2 N–H and O–H groups in total. The van der Waals surface area contributed by atoms with Crippen molar-refractivity contribution < 1.29 is 9.63 Å². The molecule has 1 aliphatic heterocycles. The lowest BCUT2D eigenvalue weighted by molar-refractivity contribution is -0.129. The maximum Gasteiger partial charge on any atom is 0.423 e. The summed E-state index contributed by atoms with van der Waals surface area (Å²) in [6.45, 7) is 2.70. The number of benzene rings is 1. The molecule has 1 unspecified atom stereocenters. The van der Waals surface area contributed by atoms with E-state index in [0.29, 0.717) is 6.54 Å². The van der Waals surface area contributed by atoms with Crippen molar-refractivity contribution in [1.82, 2.24) is 5.06 Å². The van der Waals surface area contributed by atoms with Crippen LogP contribution in [0, 0.1) is 0 Å². The molecule has 0 saturated carbocycles. The highest BCUT2D eigenvalue weighted by Gasteiger charge is 2.25. The third-order valence-electron chi connectivity index (χ3n) is 2.75. The summed E-state index contributed by atoms with van der Waals surface area (Å²) in [6.07, 6.45) is 0.134. The number of hydrogen-bond acceptors (Lipinski definition) is 3. The Labute approximate surface area is 88.6 Å². The van der Waals surface area contributed by atoms with Gasteiger partial charge in [0.15, 0.2) is 0 Å². The lowest BCUT2D eigenvalue weighted by Crippen LogP contribution is -2.37. The number of fused-ring (bicyclic) bond motifs is 1. The number of carbonyl (C=O) groups excluding carboxylic acids is 1. The molecule has 2 rings (SSSR count). The Morgan fingerprint density at radius 2 is 2.27 bits per heavy atom. The fourth-order valence-corrected chi connectivity index (χ4v) is 1.99. The van der Waals surface area contributed by atoms with E-state index in [0.717, 1.165) is 6.42 Å². The largest absolute Gasteiger partial charge is 0.423 e. The summed E-state index contributed by atoms with van der Waals surface area (Å²) in [5.41, 5.74) is 7.52. The van der Waals surface area contributed by atoms with E-state index in [9.17, 15) is 4.79 Å². The maximum atomic E-state index is 10.7. The number of carbonyl (C=O) groups is 1. The zero-order valence-electron chi connectivity index (χ0n) is 8.64. The summed E-state index contributed by atoms with van der Waals surface area (Å²) in [7, 11) is 0. The highest BCUT2D eigenvalue weighted by atomic mass is 16.7. The summed E-state index contributed by atoms with van der Waals surface area (Å²) >= 11 is 0. The first-order valence-electron chi connectivity index (χ1n) is 5.00. The molecule has 1 amide bonds. The Kier molecular flexibility index (Phi) is 2.60. The number of hydroxylamine groups is 2. The third-order valence-corrected chi connectivity index (χ3v) is 2.75. The molecule has 0 fully saturated rings. The molecule has 4 nitrogen and oxygen atoms in total. The van der Waals surface area contributed by atoms with Crippen LogP contribution in [0.25, 0.3) is 0 Å². The first-order valence-corrected chi connectivity index (χ1v) is 5.00. The SMILES string of the molecule is CC1c2ccccc2CCN1OC(N)=O. The van der Waals surface area contributed by atoms with Gasteiger partial charge < -0.3 is 10.6 Å². The van der Waals surface area contributed by atoms with Crippen LogP contribution in [0.15, 0.2) is 24.3 Å². The van der Waals surface area contributed by atoms with Crippen molar-refractivity contribution in [3.05, 3.63) is 35.4 Å². The molecule has 80 valence electrons. The van der Waals surface area contributed by atoms with Crippen LogP contribution in [0.3, 0.4) is 0 Å². The summed E-state index contributed by atoms with van der Waals surface area (Å²) in [5.74, 6) is 0. The Hall–Kier alpha value is -1.55. The van der Waals surface area contributed by atoms with Crippen LogP contribution in [0.5, 0.6) is 0 Å². The number of hydrogen-bond donors (Lipinski definition) is 1. The highest BCUT2D eigenvalue weighted by molar-refractivity contribution is 5.64. The molecule has 0 bridgehead atoms. The monoisotopic (exact) mass is 206 g/mol. The Morgan fingerprint density at radius 3 is 3.00 bits per heavy atom. The lowest BCUT2D eigenvalue weighted by Gasteiger charge is -2.32. The van der Waals surface area contributed by atoms with Crippen molar-refractivity contribution in [3.8, 4) is 0 Å². The van der Waals surface area contributed by atoms with Gasteiger partial charge >= 0.3 is 6.09 Å². The molecule has 0 aromatic heterocycles. The summed E-state index contributed by atoms with van der Waals surface area (Å²) in [5, 5.41) is 1.63. The quantitative estimate of drug-likeness (QED) is 0.759. The van der Waals surface area contributed by atoms with Gasteiger partial charge in [-0.1, -0.05) is 24.3 Å². The standard InChI is InChI=1S/C11H14N2O2/c1-8-10-5-3-2-4-9(10)6-7-13(8)15-11(12)14/h2-5,8H,6-7H2,1H3,(H2,12,14). The smallest absolute Gasteiger partial charge is 0.351 e. The topological polar surface area (TPSA) is 55.6 Å². The molecule has 1 aromatic carbocycles. The number of primary amides is 1. The van der Waals surface area contributed by atoms with E-state index in [2.05, 4.69) is 12.1 Å². The molecule has 1 aromatic rings. The second-order valence-corrected chi connectivity index (χ2v) is 3.68. The van der Waals surface area contributed by atoms with Crippen molar-refractivity contribution in [3.63, 3.8) is 0 Å². The van der Waals surface area contributed by atoms with E-state index >= 15 is 0 Å². The minimum absolute atomic E-state index is 0.0717. The van der Waals surface area contributed by atoms with Gasteiger partial charge in [0.1, 0.15) is 0 Å². The Bertz CT molecular complexity index is 379. The molecule has 0 aliphatic carbocycles. The molecular formula is C11H14N2O2. The average molecular weight is 206 g/mol. The van der Waals surface area contributed by atoms with Crippen molar-refractivity contribution in [2.24, 2.45) is 5.73 Å². The molecule has 0 radical (unpaired) electrons. The second kappa shape index (κ2) is 3.90. The molecule has 1 heterocycles. The minimum Gasteiger partial charge on any atom is -0.351 e. The molecule has 1 atom stereocenters. The van der Waals surface area contributed by atoms with Gasteiger partial charge in [0.05, 0.1) is 6.04 Å². The minimum atomic E-state index is -0.749. The molecule has 4 heteroatoms. The fourth-order valence-electron chi connectivity index (χ4n) is 1.99. The molecular weight excluding hydrogens is 192 g/mol. The molecule has 15 heavy (non-hydrogen) atoms. The van der Waals surface area contributed by atoms with Crippen LogP contribution in [0.1, 0.15) is 24.1 Å². The molecule has 0 saturated heterocycles. The van der Waals surface area contributed by atoms with E-state index in [1.165, 1.54) is 11.1 Å². The summed E-state index contributed by atoms with van der Waals surface area (Å²) in [4.78, 5) is 15.6. The van der Waals surface area contributed by atoms with Gasteiger partial charge in [-0.2, -0.15) is 0 Å². The highest BCUT2D eigenvalue weighted by Crippen LogP contribution is 2.28. The van der Waals surface area contributed by atoms with Crippen LogP contribution in [-0.2, 0) is 11.3 Å². The maximum absolute atomic E-state index is 10.7. The number of rotatable bonds is 1. The van der Waals surface area contributed by atoms with Gasteiger partial charge in [-0.15, -0.1) is 5.06 Å². The first kappa shape index (κ1) is 9.98. The second-order valence-electron chi connectivity index (χ2n) is 3.68. The predicted molar refractivity (Wildman–Crippen MR) is 55.9 cm³/mol. The van der Waals surface area contributed by atoms with Crippen molar-refractivity contribution in [2.45, 2.75) is 19.4 Å². The van der Waals surface area contributed by atoms with Crippen LogP contribution in [0.2, 0.25) is 0 Å². The zero-order valence-corrected chi connectivity index (χ0v) is 8.64. The summed E-state index contributed by atoms with van der Waals surface area (Å²) in [6, 6.07) is 8.24. The van der Waals surface area contributed by atoms with Crippen molar-refractivity contribution in [2.75, 3.05) is 6.54 Å².